The van der Waals surface area contributed by atoms with Crippen LogP contribution in [0.4, 0.5) is 0 Å². The van der Waals surface area contributed by atoms with Gasteiger partial charge >= 0.3 is 0 Å². The quantitative estimate of drug-likeness (QED) is 0.682. The summed E-state index contributed by atoms with van der Waals surface area (Å²) >= 11 is 1.91. The second-order valence-electron chi connectivity index (χ2n) is 5.04. The molecule has 15 heavy (non-hydrogen) atoms. The number of Topliss-reactive ketones (excluding diaryl/α,β-unsaturated/α-hetero) is 1. The number of hydrogen-bond donors (Lipinski definition) is 0. The first-order valence-electron chi connectivity index (χ1n) is 6.32. The van der Waals surface area contributed by atoms with E-state index in [1.807, 2.05) is 11.8 Å². The highest BCUT2D eigenvalue weighted by atomic mass is 32.2. The number of carbonyl (C=O) groups excluding carboxylic acids is 1. The first-order valence-corrected chi connectivity index (χ1v) is 7.36. The van der Waals surface area contributed by atoms with Gasteiger partial charge in [-0.2, -0.15) is 11.8 Å². The van der Waals surface area contributed by atoms with Crippen molar-refractivity contribution in [1.82, 2.24) is 0 Å². The molecule has 1 aliphatic rings. The number of rotatable bonds is 6. The Labute approximate surface area is 98.4 Å². The molecule has 0 amide bonds. The molecule has 2 heteroatoms. The maximum Gasteiger partial charge on any atom is 0.142 e. The fourth-order valence-corrected chi connectivity index (χ4v) is 3.20. The van der Waals surface area contributed by atoms with Crippen LogP contribution in [-0.2, 0) is 4.79 Å². The average molecular weight is 228 g/mol. The lowest BCUT2D eigenvalue weighted by molar-refractivity contribution is -0.116. The lowest BCUT2D eigenvalue weighted by Crippen LogP contribution is -2.12. The zero-order chi connectivity index (χ0) is 11.1. The van der Waals surface area contributed by atoms with Gasteiger partial charge in [-0.05, 0) is 25.2 Å². The standard InChI is InChI=1S/C13H24OS/c1-11(2)8-9-12(14)10-15-13-6-4-3-5-7-13/h11,13H,3-10H2,1-2H3. The van der Waals surface area contributed by atoms with Gasteiger partial charge in [-0.25, -0.2) is 0 Å². The zero-order valence-corrected chi connectivity index (χ0v) is 10.9. The molecule has 1 aliphatic carbocycles. The molecule has 1 fully saturated rings. The minimum absolute atomic E-state index is 0.458. The van der Waals surface area contributed by atoms with E-state index >= 15 is 0 Å². The van der Waals surface area contributed by atoms with Crippen molar-refractivity contribution >= 4 is 17.5 Å². The Morgan fingerprint density at radius 3 is 2.53 bits per heavy atom. The van der Waals surface area contributed by atoms with Gasteiger partial charge in [-0.3, -0.25) is 4.79 Å². The van der Waals surface area contributed by atoms with Crippen LogP contribution >= 0.6 is 11.8 Å². The van der Waals surface area contributed by atoms with Crippen LogP contribution in [0.15, 0.2) is 0 Å². The molecule has 0 aromatic heterocycles. The molecule has 0 aromatic rings. The van der Waals surface area contributed by atoms with E-state index in [4.69, 9.17) is 0 Å². The van der Waals surface area contributed by atoms with Crippen LogP contribution in [0, 0.1) is 5.92 Å². The molecule has 1 nitrogen and oxygen atoms in total. The Bertz CT molecular complexity index is 183. The summed E-state index contributed by atoms with van der Waals surface area (Å²) in [6.07, 6.45) is 8.67. The Morgan fingerprint density at radius 2 is 1.93 bits per heavy atom. The van der Waals surface area contributed by atoms with Gasteiger partial charge in [0.1, 0.15) is 5.78 Å². The molecule has 0 spiro atoms. The molecule has 0 heterocycles. The SMILES string of the molecule is CC(C)CCC(=O)CSC1CCCCC1. The third-order valence-corrected chi connectivity index (χ3v) is 4.46. The summed E-state index contributed by atoms with van der Waals surface area (Å²) in [5.41, 5.74) is 0. The molecule has 0 aliphatic heterocycles. The lowest BCUT2D eigenvalue weighted by atomic mass is 10.0. The van der Waals surface area contributed by atoms with Gasteiger partial charge in [0.25, 0.3) is 0 Å². The predicted molar refractivity (Wildman–Crippen MR) is 68.4 cm³/mol. The molecule has 0 N–H and O–H groups in total. The summed E-state index contributed by atoms with van der Waals surface area (Å²) in [7, 11) is 0. The number of carbonyl (C=O) groups is 1. The molecule has 1 saturated carbocycles. The molecule has 88 valence electrons. The van der Waals surface area contributed by atoms with E-state index in [-0.39, 0.29) is 0 Å². The van der Waals surface area contributed by atoms with Gasteiger partial charge < -0.3 is 0 Å². The number of hydrogen-bond acceptors (Lipinski definition) is 2. The first-order chi connectivity index (χ1) is 7.18. The third kappa shape index (κ3) is 6.24. The summed E-state index contributed by atoms with van der Waals surface area (Å²) in [5.74, 6) is 1.88. The van der Waals surface area contributed by atoms with E-state index in [2.05, 4.69) is 13.8 Å². The Balaban J connectivity index is 2.05. The maximum absolute atomic E-state index is 11.6. The van der Waals surface area contributed by atoms with Crippen LogP contribution in [0.3, 0.4) is 0 Å². The Kier molecular flexibility index (Phi) is 6.39. The summed E-state index contributed by atoms with van der Waals surface area (Å²) in [5, 5.41) is 0.779. The van der Waals surface area contributed by atoms with Crippen molar-refractivity contribution in [3.8, 4) is 0 Å². The summed E-state index contributed by atoms with van der Waals surface area (Å²) in [6, 6.07) is 0. The van der Waals surface area contributed by atoms with Gasteiger partial charge in [0, 0.05) is 11.7 Å². The van der Waals surface area contributed by atoms with E-state index in [0.29, 0.717) is 11.7 Å². The largest absolute Gasteiger partial charge is 0.299 e. The molecule has 1 rings (SSSR count). The van der Waals surface area contributed by atoms with Gasteiger partial charge in [-0.1, -0.05) is 33.1 Å². The van der Waals surface area contributed by atoms with Crippen LogP contribution in [0.1, 0.15) is 58.8 Å². The lowest BCUT2D eigenvalue weighted by Gasteiger charge is -2.20. The van der Waals surface area contributed by atoms with Crippen molar-refractivity contribution in [2.24, 2.45) is 5.92 Å². The maximum atomic E-state index is 11.6. The molecule has 0 radical (unpaired) electrons. The third-order valence-electron chi connectivity index (χ3n) is 3.03. The monoisotopic (exact) mass is 228 g/mol. The minimum atomic E-state index is 0.458. The van der Waals surface area contributed by atoms with E-state index in [1.165, 1.54) is 32.1 Å². The summed E-state index contributed by atoms with van der Waals surface area (Å²) in [4.78, 5) is 11.6. The Morgan fingerprint density at radius 1 is 1.27 bits per heavy atom. The van der Waals surface area contributed by atoms with Crippen molar-refractivity contribution in [3.63, 3.8) is 0 Å². The number of thioether (sulfide) groups is 1. The normalized spacial score (nSPS) is 18.3. The van der Waals surface area contributed by atoms with E-state index in [1.54, 1.807) is 0 Å². The second-order valence-corrected chi connectivity index (χ2v) is 6.33. The predicted octanol–water partition coefficient (Wildman–Crippen LogP) is 4.06. The van der Waals surface area contributed by atoms with Crippen molar-refractivity contribution < 1.29 is 4.79 Å². The summed E-state index contributed by atoms with van der Waals surface area (Å²) < 4.78 is 0. The highest BCUT2D eigenvalue weighted by Gasteiger charge is 2.15. The molecule has 0 unspecified atom stereocenters. The van der Waals surface area contributed by atoms with Gasteiger partial charge in [0.2, 0.25) is 0 Å². The van der Waals surface area contributed by atoms with Crippen LogP contribution in [0.25, 0.3) is 0 Å². The summed E-state index contributed by atoms with van der Waals surface area (Å²) in [6.45, 7) is 4.36. The van der Waals surface area contributed by atoms with E-state index in [0.717, 1.165) is 23.8 Å². The van der Waals surface area contributed by atoms with Crippen molar-refractivity contribution in [1.29, 1.82) is 0 Å². The highest BCUT2D eigenvalue weighted by molar-refractivity contribution is 8.00. The molecular formula is C13H24OS. The fourth-order valence-electron chi connectivity index (χ4n) is 1.96. The smallest absolute Gasteiger partial charge is 0.142 e. The first kappa shape index (κ1) is 13.1. The molecular weight excluding hydrogens is 204 g/mol. The topological polar surface area (TPSA) is 17.1 Å². The minimum Gasteiger partial charge on any atom is -0.299 e. The highest BCUT2D eigenvalue weighted by Crippen LogP contribution is 2.28. The van der Waals surface area contributed by atoms with Crippen molar-refractivity contribution in [2.75, 3.05) is 5.75 Å². The van der Waals surface area contributed by atoms with Crippen molar-refractivity contribution in [3.05, 3.63) is 0 Å². The van der Waals surface area contributed by atoms with Crippen LogP contribution < -0.4 is 0 Å². The van der Waals surface area contributed by atoms with Gasteiger partial charge in [-0.15, -0.1) is 0 Å². The van der Waals surface area contributed by atoms with E-state index < -0.39 is 0 Å². The zero-order valence-electron chi connectivity index (χ0n) is 10.1. The van der Waals surface area contributed by atoms with Gasteiger partial charge in [0.15, 0.2) is 0 Å². The molecule has 0 aromatic carbocycles. The van der Waals surface area contributed by atoms with Crippen LogP contribution in [0.5, 0.6) is 0 Å². The fraction of sp³-hybridized carbons (Fsp3) is 0.923. The molecule has 0 saturated heterocycles. The molecule has 0 bridgehead atoms. The van der Waals surface area contributed by atoms with Crippen LogP contribution in [0.2, 0.25) is 0 Å². The van der Waals surface area contributed by atoms with Crippen LogP contribution in [-0.4, -0.2) is 16.8 Å². The Hall–Kier alpha value is 0.0200. The van der Waals surface area contributed by atoms with Gasteiger partial charge in [0.05, 0.1) is 5.75 Å². The average Bonchev–Trinajstić information content (AvgIpc) is 2.25. The van der Waals surface area contributed by atoms with E-state index in [9.17, 15) is 4.79 Å². The second kappa shape index (κ2) is 7.32. The number of ketones is 1. The molecule has 0 atom stereocenters. The van der Waals surface area contributed by atoms with Crippen molar-refractivity contribution in [2.45, 2.75) is 64.0 Å².